The largest absolute Gasteiger partial charge is 0.396 e. The third-order valence-electron chi connectivity index (χ3n) is 3.78. The molecule has 2 amide bonds. The van der Waals surface area contributed by atoms with Gasteiger partial charge in [0.05, 0.1) is 6.61 Å². The molecule has 0 rings (SSSR count). The fourth-order valence-electron chi connectivity index (χ4n) is 1.92. The molecule has 0 fully saturated rings. The Morgan fingerprint density at radius 2 is 1.74 bits per heavy atom. The van der Waals surface area contributed by atoms with Gasteiger partial charge in [0.1, 0.15) is 6.04 Å². The molecule has 0 saturated carbocycles. The first-order valence-corrected chi connectivity index (χ1v) is 6.97. The summed E-state index contributed by atoms with van der Waals surface area (Å²) in [6.07, 6.45) is 1.60. The van der Waals surface area contributed by atoms with Gasteiger partial charge in [-0.3, -0.25) is 9.59 Å². The number of aliphatic hydroxyl groups excluding tert-OH is 1. The summed E-state index contributed by atoms with van der Waals surface area (Å²) in [5, 5.41) is 15.0. The molecule has 0 aromatic carbocycles. The third kappa shape index (κ3) is 5.59. The van der Waals surface area contributed by atoms with E-state index in [1.54, 1.807) is 0 Å². The molecule has 0 heterocycles. The Morgan fingerprint density at radius 3 is 2.05 bits per heavy atom. The Morgan fingerprint density at radius 1 is 1.21 bits per heavy atom. The van der Waals surface area contributed by atoms with Crippen molar-refractivity contribution in [3.05, 3.63) is 0 Å². The quantitative estimate of drug-likeness (QED) is 0.618. The van der Waals surface area contributed by atoms with E-state index in [1.807, 2.05) is 27.7 Å². The summed E-state index contributed by atoms with van der Waals surface area (Å²) in [5.74, 6) is -0.381. The molecule has 0 spiro atoms. The van der Waals surface area contributed by atoms with Crippen LogP contribution >= 0.6 is 0 Å². The highest BCUT2D eigenvalue weighted by Gasteiger charge is 2.28. The minimum Gasteiger partial charge on any atom is -0.396 e. The maximum atomic E-state index is 12.1. The number of amides is 2. The lowest BCUT2D eigenvalue weighted by atomic mass is 9.83. The van der Waals surface area contributed by atoms with Crippen LogP contribution in [0.25, 0.3) is 0 Å². The zero-order valence-electron chi connectivity index (χ0n) is 12.7. The van der Waals surface area contributed by atoms with E-state index in [4.69, 9.17) is 0 Å². The normalized spacial score (nSPS) is 13.2. The number of aliphatic hydroxyl groups is 1. The lowest BCUT2D eigenvalue weighted by Gasteiger charge is -2.31. The second kappa shape index (κ2) is 8.15. The minimum absolute atomic E-state index is 0.0238. The van der Waals surface area contributed by atoms with Gasteiger partial charge in [0.25, 0.3) is 0 Å². The highest BCUT2D eigenvalue weighted by atomic mass is 16.3. The van der Waals surface area contributed by atoms with Gasteiger partial charge in [-0.15, -0.1) is 0 Å². The Labute approximate surface area is 116 Å². The van der Waals surface area contributed by atoms with Crippen molar-refractivity contribution in [1.29, 1.82) is 0 Å². The van der Waals surface area contributed by atoms with Crippen molar-refractivity contribution >= 4 is 11.8 Å². The molecule has 0 aromatic heterocycles. The van der Waals surface area contributed by atoms with Crippen LogP contribution in [0.2, 0.25) is 0 Å². The van der Waals surface area contributed by atoms with Crippen molar-refractivity contribution in [3.8, 4) is 0 Å². The number of carbonyl (C=O) groups excluding carboxylic acids is 2. The van der Waals surface area contributed by atoms with Crippen LogP contribution in [0.3, 0.4) is 0 Å². The van der Waals surface area contributed by atoms with Crippen LogP contribution in [0.15, 0.2) is 0 Å². The van der Waals surface area contributed by atoms with Crippen molar-refractivity contribution in [2.75, 3.05) is 13.2 Å². The van der Waals surface area contributed by atoms with Crippen LogP contribution < -0.4 is 10.6 Å². The second-order valence-electron chi connectivity index (χ2n) is 5.51. The Balaban J connectivity index is 4.60. The Hall–Kier alpha value is -1.10. The topological polar surface area (TPSA) is 78.4 Å². The van der Waals surface area contributed by atoms with Crippen LogP contribution in [-0.2, 0) is 9.59 Å². The predicted molar refractivity (Wildman–Crippen MR) is 75.6 cm³/mol. The molecule has 0 aliphatic rings. The molecule has 19 heavy (non-hydrogen) atoms. The molecule has 0 aliphatic carbocycles. The van der Waals surface area contributed by atoms with Crippen LogP contribution in [0.1, 0.15) is 47.5 Å². The smallest absolute Gasteiger partial charge is 0.242 e. The lowest BCUT2D eigenvalue weighted by Crippen LogP contribution is -2.51. The van der Waals surface area contributed by atoms with Crippen LogP contribution in [0.4, 0.5) is 0 Å². The van der Waals surface area contributed by atoms with Gasteiger partial charge in [0.15, 0.2) is 0 Å². The predicted octanol–water partition coefficient (Wildman–Crippen LogP) is 1.06. The van der Waals surface area contributed by atoms with Crippen LogP contribution in [0.5, 0.6) is 0 Å². The van der Waals surface area contributed by atoms with E-state index < -0.39 is 6.04 Å². The average molecular weight is 272 g/mol. The monoisotopic (exact) mass is 272 g/mol. The van der Waals surface area contributed by atoms with Crippen molar-refractivity contribution in [2.45, 2.75) is 53.5 Å². The first kappa shape index (κ1) is 17.9. The fraction of sp³-hybridized carbons (Fsp3) is 0.857. The second-order valence-corrected chi connectivity index (χ2v) is 5.51. The van der Waals surface area contributed by atoms with Gasteiger partial charge in [-0.2, -0.15) is 0 Å². The van der Waals surface area contributed by atoms with E-state index >= 15 is 0 Å². The van der Waals surface area contributed by atoms with E-state index in [-0.39, 0.29) is 29.8 Å². The molecule has 0 saturated heterocycles. The fourth-order valence-corrected chi connectivity index (χ4v) is 1.92. The summed E-state index contributed by atoms with van der Waals surface area (Å²) < 4.78 is 0. The van der Waals surface area contributed by atoms with Gasteiger partial charge >= 0.3 is 0 Å². The maximum Gasteiger partial charge on any atom is 0.242 e. The van der Waals surface area contributed by atoms with Crippen LogP contribution in [-0.4, -0.2) is 36.1 Å². The number of nitrogens with one attached hydrogen (secondary N) is 2. The molecular weight excluding hydrogens is 244 g/mol. The standard InChI is InChI=1S/C14H28N2O3/c1-6-14(7-2,9-17)8-15-13(19)12(10(3)4)16-11(5)18/h10,12,17H,6-9H2,1-5H3,(H,15,19)(H,16,18). The Kier molecular flexibility index (Phi) is 7.68. The first-order chi connectivity index (χ1) is 8.81. The third-order valence-corrected chi connectivity index (χ3v) is 3.78. The summed E-state index contributed by atoms with van der Waals surface area (Å²) in [7, 11) is 0. The van der Waals surface area contributed by atoms with E-state index in [1.165, 1.54) is 6.92 Å². The van der Waals surface area contributed by atoms with Crippen molar-refractivity contribution in [2.24, 2.45) is 11.3 Å². The molecule has 0 radical (unpaired) electrons. The van der Waals surface area contributed by atoms with Gasteiger partial charge in [-0.1, -0.05) is 27.7 Å². The number of rotatable bonds is 8. The maximum absolute atomic E-state index is 12.1. The molecular formula is C14H28N2O3. The van der Waals surface area contributed by atoms with Crippen molar-refractivity contribution in [1.82, 2.24) is 10.6 Å². The van der Waals surface area contributed by atoms with E-state index in [0.29, 0.717) is 6.54 Å². The minimum atomic E-state index is -0.525. The average Bonchev–Trinajstić information content (AvgIpc) is 2.37. The number of carbonyl (C=O) groups is 2. The molecule has 0 aliphatic heterocycles. The number of hydrogen-bond acceptors (Lipinski definition) is 3. The van der Waals surface area contributed by atoms with Gasteiger partial charge in [-0.05, 0) is 18.8 Å². The van der Waals surface area contributed by atoms with Gasteiger partial charge < -0.3 is 15.7 Å². The summed E-state index contributed by atoms with van der Waals surface area (Å²) in [6.45, 7) is 9.65. The van der Waals surface area contributed by atoms with Crippen LogP contribution in [0, 0.1) is 11.3 Å². The highest BCUT2D eigenvalue weighted by Crippen LogP contribution is 2.24. The molecule has 5 nitrogen and oxygen atoms in total. The Bertz CT molecular complexity index is 291. The summed E-state index contributed by atoms with van der Waals surface area (Å²) >= 11 is 0. The first-order valence-electron chi connectivity index (χ1n) is 6.97. The molecule has 1 atom stereocenters. The van der Waals surface area contributed by atoms with Crippen molar-refractivity contribution in [3.63, 3.8) is 0 Å². The molecule has 1 unspecified atom stereocenters. The number of hydrogen-bond donors (Lipinski definition) is 3. The van der Waals surface area contributed by atoms with E-state index in [2.05, 4.69) is 10.6 Å². The zero-order valence-corrected chi connectivity index (χ0v) is 12.7. The summed E-state index contributed by atoms with van der Waals surface area (Å²) in [5.41, 5.74) is -0.270. The zero-order chi connectivity index (χ0) is 15.1. The van der Waals surface area contributed by atoms with Gasteiger partial charge in [-0.25, -0.2) is 0 Å². The molecule has 3 N–H and O–H groups in total. The van der Waals surface area contributed by atoms with Crippen molar-refractivity contribution < 1.29 is 14.7 Å². The molecule has 112 valence electrons. The highest BCUT2D eigenvalue weighted by molar-refractivity contribution is 5.87. The van der Waals surface area contributed by atoms with E-state index in [0.717, 1.165) is 12.8 Å². The van der Waals surface area contributed by atoms with E-state index in [9.17, 15) is 14.7 Å². The van der Waals surface area contributed by atoms with Gasteiger partial charge in [0.2, 0.25) is 11.8 Å². The van der Waals surface area contributed by atoms with Gasteiger partial charge in [0, 0.05) is 18.9 Å². The summed E-state index contributed by atoms with van der Waals surface area (Å²) in [6, 6.07) is -0.525. The lowest BCUT2D eigenvalue weighted by molar-refractivity contribution is -0.129. The molecule has 5 heteroatoms. The molecule has 0 aromatic rings. The molecule has 0 bridgehead atoms. The summed E-state index contributed by atoms with van der Waals surface area (Å²) in [4.78, 5) is 23.2. The SMILES string of the molecule is CCC(CC)(CO)CNC(=O)C(NC(C)=O)C(C)C.